The van der Waals surface area contributed by atoms with Gasteiger partial charge < -0.3 is 10.2 Å². The van der Waals surface area contributed by atoms with Gasteiger partial charge in [0, 0.05) is 18.2 Å². The summed E-state index contributed by atoms with van der Waals surface area (Å²) in [6, 6.07) is 12.6. The number of para-hydroxylation sites is 1. The van der Waals surface area contributed by atoms with Crippen molar-refractivity contribution in [3.8, 4) is 5.69 Å². The van der Waals surface area contributed by atoms with Crippen LogP contribution in [-0.4, -0.2) is 41.4 Å². The number of carbonyl (C=O) groups excluding carboxylic acids is 1. The highest BCUT2D eigenvalue weighted by molar-refractivity contribution is 7.20. The van der Waals surface area contributed by atoms with Gasteiger partial charge in [0.1, 0.15) is 10.9 Å². The molecule has 136 valence electrons. The number of hydrogen-bond donors (Lipinski definition) is 2. The van der Waals surface area contributed by atoms with Crippen molar-refractivity contribution in [3.05, 3.63) is 47.0 Å². The van der Waals surface area contributed by atoms with E-state index in [9.17, 15) is 4.79 Å². The Kier molecular flexibility index (Phi) is 4.78. The number of nitrogens with one attached hydrogen (secondary N) is 2. The molecule has 5 nitrogen and oxygen atoms in total. The number of rotatable bonds is 5. The molecule has 1 aliphatic heterocycles. The molecular weight excluding hydrogens is 344 g/mol. The van der Waals surface area contributed by atoms with E-state index in [4.69, 9.17) is 0 Å². The molecule has 6 heteroatoms. The smallest absolute Gasteiger partial charge is 0.261 e. The lowest BCUT2D eigenvalue weighted by atomic mass is 10.2. The Bertz CT molecular complexity index is 915. The first kappa shape index (κ1) is 17.2. The van der Waals surface area contributed by atoms with E-state index in [-0.39, 0.29) is 5.91 Å². The lowest BCUT2D eigenvalue weighted by Gasteiger charge is -2.19. The van der Waals surface area contributed by atoms with Gasteiger partial charge in [-0.1, -0.05) is 18.2 Å². The number of nitrogens with zero attached hydrogens (tertiary/aromatic N) is 2. The fourth-order valence-corrected chi connectivity index (χ4v) is 5.00. The third-order valence-electron chi connectivity index (χ3n) is 5.36. The van der Waals surface area contributed by atoms with Crippen molar-refractivity contribution in [2.75, 3.05) is 19.6 Å². The minimum absolute atomic E-state index is 0.0348. The van der Waals surface area contributed by atoms with Crippen molar-refractivity contribution in [1.82, 2.24) is 15.1 Å². The van der Waals surface area contributed by atoms with E-state index >= 15 is 0 Å². The first-order valence-electron chi connectivity index (χ1n) is 9.34. The molecule has 1 fully saturated rings. The predicted molar refractivity (Wildman–Crippen MR) is 105 cm³/mol. The number of likely N-dealkylation sites (N-methyl/N-ethyl adjacent to an activating group) is 1. The van der Waals surface area contributed by atoms with Crippen molar-refractivity contribution < 1.29 is 9.69 Å². The summed E-state index contributed by atoms with van der Waals surface area (Å²) in [5.74, 6) is 0.0348. The van der Waals surface area contributed by atoms with Crippen molar-refractivity contribution in [2.45, 2.75) is 32.7 Å². The first-order valence-corrected chi connectivity index (χ1v) is 10.2. The third kappa shape index (κ3) is 3.15. The molecule has 1 aliphatic rings. The van der Waals surface area contributed by atoms with Crippen LogP contribution in [-0.2, 0) is 0 Å². The zero-order chi connectivity index (χ0) is 18.1. The summed E-state index contributed by atoms with van der Waals surface area (Å²) in [6.07, 6.45) is 2.47. The molecule has 0 bridgehead atoms. The highest BCUT2D eigenvalue weighted by atomic mass is 32.1. The second-order valence-electron chi connectivity index (χ2n) is 6.97. The summed E-state index contributed by atoms with van der Waals surface area (Å²) in [6.45, 7) is 7.35. The van der Waals surface area contributed by atoms with E-state index < -0.39 is 0 Å². The number of benzene rings is 1. The Balaban J connectivity index is 1.55. The molecule has 1 amide bonds. The standard InChI is InChI=1S/C20H24N4OS/c1-3-23-11-7-10-16(23)13-21-19(25)18-12-17-14(2)22-24(20(17)26-18)15-8-5-4-6-9-15/h4-6,8-9,12,16H,3,7,10-11,13H2,1-2H3,(H,21,25)/p+1/t16-/m0/s1. The second kappa shape index (κ2) is 7.21. The third-order valence-corrected chi connectivity index (χ3v) is 6.47. The molecule has 1 unspecified atom stereocenters. The number of aromatic nitrogens is 2. The average Bonchev–Trinajstić information content (AvgIpc) is 3.36. The first-order chi connectivity index (χ1) is 12.7. The second-order valence-corrected chi connectivity index (χ2v) is 8.00. The van der Waals surface area contributed by atoms with Gasteiger partial charge in [-0.05, 0) is 32.0 Å². The summed E-state index contributed by atoms with van der Waals surface area (Å²) >= 11 is 1.52. The van der Waals surface area contributed by atoms with Gasteiger partial charge in [-0.15, -0.1) is 11.3 Å². The SMILES string of the molecule is CC[NH+]1CCC[C@H]1CNC(=O)c1cc2c(C)nn(-c3ccccc3)c2s1. The Morgan fingerprint density at radius 1 is 1.38 bits per heavy atom. The lowest BCUT2D eigenvalue weighted by molar-refractivity contribution is -0.909. The monoisotopic (exact) mass is 369 g/mol. The number of fused-ring (bicyclic) bond motifs is 1. The van der Waals surface area contributed by atoms with Crippen LogP contribution in [0.15, 0.2) is 36.4 Å². The van der Waals surface area contributed by atoms with E-state index in [1.807, 2.05) is 48.0 Å². The summed E-state index contributed by atoms with van der Waals surface area (Å²) in [5, 5.41) is 8.86. The molecule has 2 aromatic heterocycles. The minimum atomic E-state index is 0.0348. The van der Waals surface area contributed by atoms with Gasteiger partial charge in [0.25, 0.3) is 5.91 Å². The maximum absolute atomic E-state index is 12.7. The van der Waals surface area contributed by atoms with Crippen LogP contribution in [0.2, 0.25) is 0 Å². The molecule has 0 spiro atoms. The van der Waals surface area contributed by atoms with E-state index in [0.29, 0.717) is 6.04 Å². The lowest BCUT2D eigenvalue weighted by Crippen LogP contribution is -3.14. The molecule has 1 saturated heterocycles. The van der Waals surface area contributed by atoms with Crippen LogP contribution in [0, 0.1) is 6.92 Å². The number of thiophene rings is 1. The molecule has 3 aromatic rings. The van der Waals surface area contributed by atoms with Crippen LogP contribution in [0.25, 0.3) is 15.9 Å². The van der Waals surface area contributed by atoms with Gasteiger partial charge in [-0.3, -0.25) is 4.79 Å². The maximum atomic E-state index is 12.7. The highest BCUT2D eigenvalue weighted by Crippen LogP contribution is 2.30. The van der Waals surface area contributed by atoms with Crippen molar-refractivity contribution in [1.29, 1.82) is 0 Å². The molecule has 26 heavy (non-hydrogen) atoms. The predicted octanol–water partition coefficient (Wildman–Crippen LogP) is 2.19. The van der Waals surface area contributed by atoms with Crippen LogP contribution in [0.4, 0.5) is 0 Å². The van der Waals surface area contributed by atoms with E-state index in [1.165, 1.54) is 30.7 Å². The molecule has 0 radical (unpaired) electrons. The van der Waals surface area contributed by atoms with Gasteiger partial charge in [-0.2, -0.15) is 5.10 Å². The summed E-state index contributed by atoms with van der Waals surface area (Å²) in [7, 11) is 0. The normalized spacial score (nSPS) is 19.9. The van der Waals surface area contributed by atoms with Gasteiger partial charge in [0.15, 0.2) is 0 Å². The van der Waals surface area contributed by atoms with Crippen LogP contribution in [0.5, 0.6) is 0 Å². The Hall–Kier alpha value is -2.18. The van der Waals surface area contributed by atoms with Gasteiger partial charge in [0.05, 0.1) is 35.9 Å². The summed E-state index contributed by atoms with van der Waals surface area (Å²) in [5.41, 5.74) is 1.98. The molecular formula is C20H25N4OS+. The van der Waals surface area contributed by atoms with E-state index in [0.717, 1.165) is 39.6 Å². The topological polar surface area (TPSA) is 51.4 Å². The fourth-order valence-electron chi connectivity index (χ4n) is 3.90. The van der Waals surface area contributed by atoms with Crippen LogP contribution in [0.3, 0.4) is 0 Å². The van der Waals surface area contributed by atoms with Crippen molar-refractivity contribution in [2.24, 2.45) is 0 Å². The zero-order valence-corrected chi connectivity index (χ0v) is 16.1. The summed E-state index contributed by atoms with van der Waals surface area (Å²) in [4.78, 5) is 16.1. The van der Waals surface area contributed by atoms with Gasteiger partial charge in [-0.25, -0.2) is 4.68 Å². The maximum Gasteiger partial charge on any atom is 0.261 e. The number of quaternary nitrogens is 1. The summed E-state index contributed by atoms with van der Waals surface area (Å²) < 4.78 is 1.94. The van der Waals surface area contributed by atoms with E-state index in [1.54, 1.807) is 4.90 Å². The molecule has 3 heterocycles. The largest absolute Gasteiger partial charge is 0.345 e. The Morgan fingerprint density at radius 3 is 2.96 bits per heavy atom. The number of likely N-dealkylation sites (tertiary alicyclic amines) is 1. The highest BCUT2D eigenvalue weighted by Gasteiger charge is 2.27. The molecule has 0 aliphatic carbocycles. The quantitative estimate of drug-likeness (QED) is 0.724. The zero-order valence-electron chi connectivity index (χ0n) is 15.3. The molecule has 4 rings (SSSR count). The number of aryl methyl sites for hydroxylation is 1. The fraction of sp³-hybridized carbons (Fsp3) is 0.400. The molecule has 0 saturated carbocycles. The van der Waals surface area contributed by atoms with Crippen molar-refractivity contribution in [3.63, 3.8) is 0 Å². The number of carbonyl (C=O) groups is 1. The Labute approximate surface area is 157 Å². The van der Waals surface area contributed by atoms with Crippen LogP contribution in [0.1, 0.15) is 35.1 Å². The molecule has 2 N–H and O–H groups in total. The van der Waals surface area contributed by atoms with Gasteiger partial charge >= 0.3 is 0 Å². The minimum Gasteiger partial charge on any atom is -0.345 e. The average molecular weight is 370 g/mol. The Morgan fingerprint density at radius 2 is 2.19 bits per heavy atom. The van der Waals surface area contributed by atoms with Crippen molar-refractivity contribution >= 4 is 27.5 Å². The number of hydrogen-bond acceptors (Lipinski definition) is 3. The van der Waals surface area contributed by atoms with E-state index in [2.05, 4.69) is 17.3 Å². The molecule has 1 aromatic carbocycles. The number of amides is 1. The molecule has 2 atom stereocenters. The van der Waals surface area contributed by atoms with Crippen LogP contribution >= 0.6 is 11.3 Å². The van der Waals surface area contributed by atoms with Gasteiger partial charge in [0.2, 0.25) is 0 Å². The van der Waals surface area contributed by atoms with Crippen LogP contribution < -0.4 is 10.2 Å².